The summed E-state index contributed by atoms with van der Waals surface area (Å²) in [4.78, 5) is 0. The van der Waals surface area contributed by atoms with Crippen molar-refractivity contribution in [2.75, 3.05) is 31.2 Å². The lowest BCUT2D eigenvalue weighted by molar-refractivity contribution is 0.223. The van der Waals surface area contributed by atoms with Crippen molar-refractivity contribution in [2.45, 2.75) is 38.6 Å². The van der Waals surface area contributed by atoms with Gasteiger partial charge in [-0.3, -0.25) is 0 Å². The van der Waals surface area contributed by atoms with Gasteiger partial charge in [0.15, 0.2) is 0 Å². The zero-order chi connectivity index (χ0) is 12.1. The summed E-state index contributed by atoms with van der Waals surface area (Å²) in [5.41, 5.74) is 6.44. The van der Waals surface area contributed by atoms with Gasteiger partial charge in [0.1, 0.15) is 0 Å². The second-order valence-electron chi connectivity index (χ2n) is 5.68. The van der Waals surface area contributed by atoms with Crippen LogP contribution in [-0.2, 0) is 0 Å². The molecule has 1 aliphatic heterocycles. The van der Waals surface area contributed by atoms with E-state index in [0.717, 1.165) is 31.6 Å². The topological polar surface area (TPSA) is 58.3 Å². The molecule has 0 aromatic heterocycles. The summed E-state index contributed by atoms with van der Waals surface area (Å²) >= 11 is 2.01. The molecule has 0 aromatic rings. The molecule has 0 bridgehead atoms. The standard InChI is InChI=1S/C12H26N2OS/c1-11(2)7-12(8-13,10-16-9-11)14-5-3-4-6-15/h14-15H,3-10,13H2,1-2H3. The summed E-state index contributed by atoms with van der Waals surface area (Å²) in [5.74, 6) is 2.35. The smallest absolute Gasteiger partial charge is 0.0431 e. The minimum absolute atomic E-state index is 0.113. The average molecular weight is 246 g/mol. The third kappa shape index (κ3) is 4.24. The van der Waals surface area contributed by atoms with Crippen molar-refractivity contribution in [3.63, 3.8) is 0 Å². The highest BCUT2D eigenvalue weighted by molar-refractivity contribution is 7.99. The highest BCUT2D eigenvalue weighted by Crippen LogP contribution is 2.38. The molecule has 4 N–H and O–H groups in total. The zero-order valence-corrected chi connectivity index (χ0v) is 11.4. The molecule has 1 fully saturated rings. The lowest BCUT2D eigenvalue weighted by Crippen LogP contribution is -2.58. The largest absolute Gasteiger partial charge is 0.396 e. The molecule has 0 radical (unpaired) electrons. The van der Waals surface area contributed by atoms with Crippen molar-refractivity contribution < 1.29 is 5.11 Å². The van der Waals surface area contributed by atoms with Gasteiger partial charge < -0.3 is 16.2 Å². The van der Waals surface area contributed by atoms with Crippen LogP contribution in [0.3, 0.4) is 0 Å². The summed E-state index contributed by atoms with van der Waals surface area (Å²) in [6, 6.07) is 0. The lowest BCUT2D eigenvalue weighted by atomic mass is 9.79. The highest BCUT2D eigenvalue weighted by Gasteiger charge is 2.38. The quantitative estimate of drug-likeness (QED) is 0.617. The van der Waals surface area contributed by atoms with E-state index in [4.69, 9.17) is 10.8 Å². The maximum atomic E-state index is 8.75. The third-order valence-corrected chi connectivity index (χ3v) is 4.91. The summed E-state index contributed by atoms with van der Waals surface area (Å²) < 4.78 is 0. The van der Waals surface area contributed by atoms with Crippen molar-refractivity contribution in [2.24, 2.45) is 11.1 Å². The van der Waals surface area contributed by atoms with E-state index in [-0.39, 0.29) is 12.1 Å². The Hall–Kier alpha value is 0.230. The van der Waals surface area contributed by atoms with Crippen LogP contribution in [0.4, 0.5) is 0 Å². The first kappa shape index (κ1) is 14.3. The second kappa shape index (κ2) is 6.24. The molecule has 1 aliphatic rings. The fourth-order valence-corrected chi connectivity index (χ4v) is 3.92. The number of hydrogen-bond donors (Lipinski definition) is 3. The molecule has 0 aromatic carbocycles. The number of thioether (sulfide) groups is 1. The molecule has 4 heteroatoms. The first-order valence-electron chi connectivity index (χ1n) is 6.17. The fourth-order valence-electron chi connectivity index (χ4n) is 2.45. The molecule has 0 spiro atoms. The Morgan fingerprint density at radius 3 is 2.62 bits per heavy atom. The van der Waals surface area contributed by atoms with Crippen LogP contribution in [0.2, 0.25) is 0 Å². The van der Waals surface area contributed by atoms with Gasteiger partial charge in [-0.25, -0.2) is 0 Å². The van der Waals surface area contributed by atoms with E-state index >= 15 is 0 Å². The molecule has 0 aliphatic carbocycles. The predicted octanol–water partition coefficient (Wildman–Crippen LogP) is 1.21. The number of nitrogens with two attached hydrogens (primary N) is 1. The van der Waals surface area contributed by atoms with Crippen molar-refractivity contribution in [3.8, 4) is 0 Å². The number of unbranched alkanes of at least 4 members (excludes halogenated alkanes) is 1. The Labute approximate surface area is 104 Å². The number of rotatable bonds is 6. The molecule has 0 saturated carbocycles. The van der Waals surface area contributed by atoms with Crippen LogP contribution < -0.4 is 11.1 Å². The van der Waals surface area contributed by atoms with Crippen LogP contribution in [-0.4, -0.2) is 41.8 Å². The van der Waals surface area contributed by atoms with E-state index < -0.39 is 0 Å². The normalized spacial score (nSPS) is 29.2. The Balaban J connectivity index is 2.43. The van der Waals surface area contributed by atoms with Gasteiger partial charge in [-0.05, 0) is 37.0 Å². The molecule has 1 heterocycles. The van der Waals surface area contributed by atoms with Crippen LogP contribution in [0.5, 0.6) is 0 Å². The van der Waals surface area contributed by atoms with Gasteiger partial charge in [-0.1, -0.05) is 13.8 Å². The van der Waals surface area contributed by atoms with E-state index in [1.165, 1.54) is 5.75 Å². The molecule has 1 rings (SSSR count). The van der Waals surface area contributed by atoms with Gasteiger partial charge >= 0.3 is 0 Å². The number of aliphatic hydroxyl groups excluding tert-OH is 1. The first-order valence-corrected chi connectivity index (χ1v) is 7.33. The van der Waals surface area contributed by atoms with Crippen LogP contribution >= 0.6 is 11.8 Å². The summed E-state index contributed by atoms with van der Waals surface area (Å²) in [5, 5.41) is 12.4. The van der Waals surface area contributed by atoms with Gasteiger partial charge in [0.05, 0.1) is 0 Å². The highest BCUT2D eigenvalue weighted by atomic mass is 32.2. The maximum absolute atomic E-state index is 8.75. The number of nitrogens with one attached hydrogen (secondary N) is 1. The molecule has 1 atom stereocenters. The molecule has 1 saturated heterocycles. The number of hydrogen-bond acceptors (Lipinski definition) is 4. The van der Waals surface area contributed by atoms with Crippen molar-refractivity contribution in [3.05, 3.63) is 0 Å². The van der Waals surface area contributed by atoms with Crippen LogP contribution in [0, 0.1) is 5.41 Å². The van der Waals surface area contributed by atoms with Gasteiger partial charge in [-0.15, -0.1) is 0 Å². The molecular weight excluding hydrogens is 220 g/mol. The molecule has 96 valence electrons. The van der Waals surface area contributed by atoms with Gasteiger partial charge in [-0.2, -0.15) is 11.8 Å². The second-order valence-corrected chi connectivity index (χ2v) is 6.66. The van der Waals surface area contributed by atoms with Gasteiger partial charge in [0.2, 0.25) is 0 Å². The van der Waals surface area contributed by atoms with E-state index in [9.17, 15) is 0 Å². The lowest BCUT2D eigenvalue weighted by Gasteiger charge is -2.44. The average Bonchev–Trinajstić information content (AvgIpc) is 2.23. The van der Waals surface area contributed by atoms with Crippen LogP contribution in [0.1, 0.15) is 33.1 Å². The SMILES string of the molecule is CC1(C)CSCC(CN)(NCCCCO)C1. The minimum Gasteiger partial charge on any atom is -0.396 e. The molecule has 16 heavy (non-hydrogen) atoms. The van der Waals surface area contributed by atoms with Crippen molar-refractivity contribution >= 4 is 11.8 Å². The van der Waals surface area contributed by atoms with Gasteiger partial charge in [0, 0.05) is 24.4 Å². The summed E-state index contributed by atoms with van der Waals surface area (Å²) in [6.07, 6.45) is 3.07. The predicted molar refractivity (Wildman–Crippen MR) is 71.8 cm³/mol. The number of aliphatic hydroxyl groups is 1. The maximum Gasteiger partial charge on any atom is 0.0431 e. The van der Waals surface area contributed by atoms with Gasteiger partial charge in [0.25, 0.3) is 0 Å². The Morgan fingerprint density at radius 1 is 1.31 bits per heavy atom. The Bertz CT molecular complexity index is 211. The van der Waals surface area contributed by atoms with Crippen molar-refractivity contribution in [1.82, 2.24) is 5.32 Å². The summed E-state index contributed by atoms with van der Waals surface area (Å²) in [6.45, 7) is 6.60. The minimum atomic E-state index is 0.113. The fraction of sp³-hybridized carbons (Fsp3) is 1.00. The van der Waals surface area contributed by atoms with E-state index in [0.29, 0.717) is 12.0 Å². The van der Waals surface area contributed by atoms with E-state index in [2.05, 4.69) is 19.2 Å². The first-order chi connectivity index (χ1) is 7.54. The van der Waals surface area contributed by atoms with E-state index in [1.807, 2.05) is 11.8 Å². The molecular formula is C12H26N2OS. The van der Waals surface area contributed by atoms with Crippen LogP contribution in [0.25, 0.3) is 0 Å². The Kier molecular flexibility index (Phi) is 5.57. The van der Waals surface area contributed by atoms with Crippen molar-refractivity contribution in [1.29, 1.82) is 0 Å². The monoisotopic (exact) mass is 246 g/mol. The molecule has 1 unspecified atom stereocenters. The van der Waals surface area contributed by atoms with E-state index in [1.54, 1.807) is 0 Å². The Morgan fingerprint density at radius 2 is 2.06 bits per heavy atom. The third-order valence-electron chi connectivity index (χ3n) is 3.16. The molecule has 3 nitrogen and oxygen atoms in total. The van der Waals surface area contributed by atoms with Crippen LogP contribution in [0.15, 0.2) is 0 Å². The zero-order valence-electron chi connectivity index (χ0n) is 10.6. The summed E-state index contributed by atoms with van der Waals surface area (Å²) in [7, 11) is 0. The molecule has 0 amide bonds.